The van der Waals surface area contributed by atoms with Gasteiger partial charge in [-0.3, -0.25) is 9.48 Å². The summed E-state index contributed by atoms with van der Waals surface area (Å²) in [6, 6.07) is 2.09. The molecule has 3 aliphatic carbocycles. The lowest BCUT2D eigenvalue weighted by Gasteiger charge is -2.49. The molecule has 0 spiro atoms. The molecule has 3 fully saturated rings. The van der Waals surface area contributed by atoms with Gasteiger partial charge in [0, 0.05) is 12.1 Å². The van der Waals surface area contributed by atoms with Gasteiger partial charge in [-0.2, -0.15) is 10.4 Å². The first-order valence-electron chi connectivity index (χ1n) is 12.6. The highest BCUT2D eigenvalue weighted by Crippen LogP contribution is 2.61. The number of hydrogen-bond donors (Lipinski definition) is 1. The molecule has 5 heteroatoms. The average Bonchev–Trinajstić information content (AvgIpc) is 3.36. The minimum absolute atomic E-state index is 0.109. The number of aromatic nitrogens is 2. The molecule has 3 aliphatic rings. The Balaban J connectivity index is 1.45. The van der Waals surface area contributed by atoms with Gasteiger partial charge in [0.1, 0.15) is 6.07 Å². The van der Waals surface area contributed by atoms with E-state index in [0.29, 0.717) is 23.8 Å². The second-order valence-corrected chi connectivity index (χ2v) is 10.9. The second kappa shape index (κ2) is 9.06. The summed E-state index contributed by atoms with van der Waals surface area (Å²) in [4.78, 5) is 13.3. The zero-order valence-electron chi connectivity index (χ0n) is 19.4. The monoisotopic (exact) mass is 425 g/mol. The molecule has 1 N–H and O–H groups in total. The summed E-state index contributed by atoms with van der Waals surface area (Å²) in [6.07, 6.45) is 16.5. The SMILES string of the molecule is CCC1(O)CCCCC2C(CCC1)CCC1(C)C(C(=O)Cn3cc(C#N)cn3)CCC21. The number of nitrogens with zero attached hydrogens (tertiary/aromatic N) is 3. The number of carbonyl (C=O) groups is 1. The number of Topliss-reactive ketones (excluding diaryl/α,β-unsaturated/α-hetero) is 1. The molecule has 0 radical (unpaired) electrons. The van der Waals surface area contributed by atoms with Crippen LogP contribution in [-0.2, 0) is 11.3 Å². The Morgan fingerprint density at radius 1 is 1.19 bits per heavy atom. The molecule has 170 valence electrons. The van der Waals surface area contributed by atoms with Crippen molar-refractivity contribution in [2.45, 2.75) is 103 Å². The predicted molar refractivity (Wildman–Crippen MR) is 120 cm³/mol. The molecule has 0 amide bonds. The van der Waals surface area contributed by atoms with E-state index in [2.05, 4.69) is 25.0 Å². The van der Waals surface area contributed by atoms with Crippen LogP contribution < -0.4 is 0 Å². The lowest BCUT2D eigenvalue weighted by Crippen LogP contribution is -2.44. The molecule has 5 nitrogen and oxygen atoms in total. The van der Waals surface area contributed by atoms with Gasteiger partial charge in [0.2, 0.25) is 0 Å². The van der Waals surface area contributed by atoms with Crippen LogP contribution in [0.4, 0.5) is 0 Å². The van der Waals surface area contributed by atoms with Gasteiger partial charge in [-0.1, -0.05) is 39.5 Å². The van der Waals surface area contributed by atoms with Crippen LogP contribution in [0.25, 0.3) is 0 Å². The topological polar surface area (TPSA) is 78.9 Å². The van der Waals surface area contributed by atoms with Gasteiger partial charge < -0.3 is 5.11 Å². The van der Waals surface area contributed by atoms with Crippen molar-refractivity contribution in [1.82, 2.24) is 9.78 Å². The number of carbonyl (C=O) groups excluding carboxylic acids is 1. The molecule has 6 unspecified atom stereocenters. The van der Waals surface area contributed by atoms with Crippen LogP contribution in [0.2, 0.25) is 0 Å². The summed E-state index contributed by atoms with van der Waals surface area (Å²) in [6.45, 7) is 4.81. The van der Waals surface area contributed by atoms with Gasteiger partial charge >= 0.3 is 0 Å². The first kappa shape index (κ1) is 22.5. The summed E-state index contributed by atoms with van der Waals surface area (Å²) in [5.41, 5.74) is 0.177. The molecule has 0 aliphatic heterocycles. The maximum absolute atomic E-state index is 13.3. The van der Waals surface area contributed by atoms with Crippen molar-refractivity contribution >= 4 is 5.78 Å². The van der Waals surface area contributed by atoms with Crippen LogP contribution in [-0.4, -0.2) is 26.3 Å². The lowest BCUT2D eigenvalue weighted by atomic mass is 9.55. The minimum atomic E-state index is -0.446. The number of fused-ring (bicyclic) bond motifs is 3. The molecule has 0 saturated heterocycles. The second-order valence-electron chi connectivity index (χ2n) is 10.9. The number of hydrogen-bond acceptors (Lipinski definition) is 4. The Hall–Kier alpha value is -1.67. The average molecular weight is 426 g/mol. The van der Waals surface area contributed by atoms with E-state index in [9.17, 15) is 9.90 Å². The lowest BCUT2D eigenvalue weighted by molar-refractivity contribution is -0.129. The summed E-state index contributed by atoms with van der Waals surface area (Å²) < 4.78 is 1.64. The third-order valence-electron chi connectivity index (χ3n) is 9.36. The predicted octanol–water partition coefficient (Wildman–Crippen LogP) is 5.27. The third kappa shape index (κ3) is 4.46. The number of nitriles is 1. The maximum atomic E-state index is 13.3. The molecule has 4 rings (SSSR count). The molecule has 31 heavy (non-hydrogen) atoms. The van der Waals surface area contributed by atoms with E-state index in [-0.39, 0.29) is 11.3 Å². The highest BCUT2D eigenvalue weighted by atomic mass is 16.3. The van der Waals surface area contributed by atoms with Crippen molar-refractivity contribution in [2.24, 2.45) is 29.1 Å². The number of aliphatic hydroxyl groups is 1. The molecule has 3 saturated carbocycles. The van der Waals surface area contributed by atoms with Gasteiger partial charge in [-0.05, 0) is 74.5 Å². The van der Waals surface area contributed by atoms with Crippen molar-refractivity contribution in [1.29, 1.82) is 5.26 Å². The molecule has 1 aromatic rings. The van der Waals surface area contributed by atoms with Crippen molar-refractivity contribution in [3.63, 3.8) is 0 Å². The molecule has 1 heterocycles. The van der Waals surface area contributed by atoms with Gasteiger partial charge in [-0.25, -0.2) is 0 Å². The summed E-state index contributed by atoms with van der Waals surface area (Å²) in [5, 5.41) is 24.1. The Kier molecular flexibility index (Phi) is 6.58. The zero-order valence-corrected chi connectivity index (χ0v) is 19.4. The smallest absolute Gasteiger partial charge is 0.157 e. The maximum Gasteiger partial charge on any atom is 0.157 e. The van der Waals surface area contributed by atoms with Crippen molar-refractivity contribution in [3.8, 4) is 6.07 Å². The van der Waals surface area contributed by atoms with Crippen LogP contribution in [0, 0.1) is 40.4 Å². The van der Waals surface area contributed by atoms with Crippen LogP contribution in [0.3, 0.4) is 0 Å². The van der Waals surface area contributed by atoms with E-state index in [0.717, 1.165) is 56.8 Å². The van der Waals surface area contributed by atoms with Gasteiger partial charge in [-0.15, -0.1) is 0 Å². The van der Waals surface area contributed by atoms with Gasteiger partial charge in [0.05, 0.1) is 23.9 Å². The fourth-order valence-corrected chi connectivity index (χ4v) is 7.47. The molecule has 0 bridgehead atoms. The van der Waals surface area contributed by atoms with Crippen LogP contribution >= 0.6 is 0 Å². The summed E-state index contributed by atoms with van der Waals surface area (Å²) in [7, 11) is 0. The normalized spacial score (nSPS) is 38.6. The Labute approximate surface area is 187 Å². The van der Waals surface area contributed by atoms with E-state index < -0.39 is 5.60 Å². The quantitative estimate of drug-likeness (QED) is 0.713. The molecule has 0 aromatic carbocycles. The molecule has 1 aromatic heterocycles. The van der Waals surface area contributed by atoms with Gasteiger partial charge in [0.25, 0.3) is 0 Å². The van der Waals surface area contributed by atoms with E-state index in [1.165, 1.54) is 38.3 Å². The standard InChI is InChI=1S/C26H39N3O2/c1-3-26(31)12-5-4-8-21-20(7-6-13-26)11-14-25(2)22(21)9-10-23(25)24(30)18-29-17-19(15-27)16-28-29/h16-17,20-23,31H,3-14,18H2,1-2H3. The molecule has 6 atom stereocenters. The van der Waals surface area contributed by atoms with Crippen LogP contribution in [0.1, 0.15) is 96.5 Å². The zero-order chi connectivity index (χ0) is 22.1. The van der Waals surface area contributed by atoms with E-state index in [1.807, 2.05) is 0 Å². The highest BCUT2D eigenvalue weighted by molar-refractivity contribution is 5.82. The molecular weight excluding hydrogens is 386 g/mol. The van der Waals surface area contributed by atoms with Crippen LogP contribution in [0.15, 0.2) is 12.4 Å². The van der Waals surface area contributed by atoms with Crippen molar-refractivity contribution in [3.05, 3.63) is 18.0 Å². The first-order chi connectivity index (χ1) is 14.9. The highest BCUT2D eigenvalue weighted by Gasteiger charge is 2.55. The minimum Gasteiger partial charge on any atom is -0.390 e. The van der Waals surface area contributed by atoms with Crippen LogP contribution in [0.5, 0.6) is 0 Å². The first-order valence-corrected chi connectivity index (χ1v) is 12.6. The van der Waals surface area contributed by atoms with E-state index in [4.69, 9.17) is 5.26 Å². The van der Waals surface area contributed by atoms with Gasteiger partial charge in [0.15, 0.2) is 5.78 Å². The van der Waals surface area contributed by atoms with Crippen molar-refractivity contribution < 1.29 is 9.90 Å². The number of ketones is 1. The third-order valence-corrected chi connectivity index (χ3v) is 9.36. The Morgan fingerprint density at radius 3 is 2.74 bits per heavy atom. The van der Waals surface area contributed by atoms with E-state index in [1.54, 1.807) is 10.9 Å². The van der Waals surface area contributed by atoms with E-state index >= 15 is 0 Å². The fraction of sp³-hybridized carbons (Fsp3) is 0.808. The Bertz CT molecular complexity index is 827. The summed E-state index contributed by atoms with van der Waals surface area (Å²) in [5.74, 6) is 2.56. The molecular formula is C26H39N3O2. The summed E-state index contributed by atoms with van der Waals surface area (Å²) >= 11 is 0. The number of rotatable bonds is 4. The fourth-order valence-electron chi connectivity index (χ4n) is 7.47. The Morgan fingerprint density at radius 2 is 2.00 bits per heavy atom. The van der Waals surface area contributed by atoms with Crippen molar-refractivity contribution in [2.75, 3.05) is 0 Å². The largest absolute Gasteiger partial charge is 0.390 e.